The zero-order valence-corrected chi connectivity index (χ0v) is 14.9. The van der Waals surface area contributed by atoms with Gasteiger partial charge in [-0.1, -0.05) is 13.2 Å². The van der Waals surface area contributed by atoms with Gasteiger partial charge in [-0.3, -0.25) is 4.57 Å². The number of esters is 2. The number of hydrogen-bond donors (Lipinski definition) is 1. The van der Waals surface area contributed by atoms with Gasteiger partial charge in [-0.15, -0.1) is 0 Å². The molecule has 0 aromatic carbocycles. The van der Waals surface area contributed by atoms with Crippen LogP contribution in [0.3, 0.4) is 0 Å². The van der Waals surface area contributed by atoms with Gasteiger partial charge in [-0.25, -0.2) is 9.59 Å². The molecule has 0 spiro atoms. The summed E-state index contributed by atoms with van der Waals surface area (Å²) in [5.74, 6) is -0.886. The summed E-state index contributed by atoms with van der Waals surface area (Å²) in [6.07, 6.45) is 2.51. The van der Waals surface area contributed by atoms with E-state index in [4.69, 9.17) is 9.47 Å². The van der Waals surface area contributed by atoms with Gasteiger partial charge < -0.3 is 14.4 Å². The number of rotatable bonds is 12. The number of hydrogen-bond acceptors (Lipinski definition) is 5. The molecule has 0 radical (unpaired) electrons. The first kappa shape index (κ1) is 21.6. The van der Waals surface area contributed by atoms with Crippen LogP contribution in [-0.2, 0) is 23.6 Å². The summed E-state index contributed by atoms with van der Waals surface area (Å²) in [6.45, 7) is 10.5. The summed E-state index contributed by atoms with van der Waals surface area (Å²) in [6, 6.07) is 0. The molecule has 0 rings (SSSR count). The van der Waals surface area contributed by atoms with Crippen molar-refractivity contribution in [3.8, 4) is 0 Å². The van der Waals surface area contributed by atoms with E-state index in [0.29, 0.717) is 36.8 Å². The quantitative estimate of drug-likeness (QED) is 0.253. The van der Waals surface area contributed by atoms with Gasteiger partial charge in [0.15, 0.2) is 0 Å². The summed E-state index contributed by atoms with van der Waals surface area (Å²) in [5.41, 5.74) is 0.676. The van der Waals surface area contributed by atoms with Crippen LogP contribution in [0.4, 0.5) is 0 Å². The Morgan fingerprint density at radius 1 is 0.870 bits per heavy atom. The number of carbonyl (C=O) groups excluding carboxylic acids is 2. The standard InChI is InChI=1S/C16H27O6P/c1-13(2)15(17)21-9-5-7-11-23(19,20)12-8-6-10-22-16(18)14(3)4/h1,3,5-12H2,2,4H3,(H,19,20). The average molecular weight is 346 g/mol. The van der Waals surface area contributed by atoms with E-state index in [1.54, 1.807) is 13.8 Å². The first-order valence-electron chi connectivity index (χ1n) is 7.62. The minimum Gasteiger partial charge on any atom is -0.462 e. The minimum absolute atomic E-state index is 0.198. The van der Waals surface area contributed by atoms with Gasteiger partial charge in [0.1, 0.15) is 0 Å². The lowest BCUT2D eigenvalue weighted by Gasteiger charge is -2.11. The fourth-order valence-corrected chi connectivity index (χ4v) is 3.27. The van der Waals surface area contributed by atoms with Crippen LogP contribution in [0, 0.1) is 0 Å². The third kappa shape index (κ3) is 11.8. The molecule has 7 heteroatoms. The summed E-state index contributed by atoms with van der Waals surface area (Å²) in [5, 5.41) is 0. The largest absolute Gasteiger partial charge is 0.462 e. The Morgan fingerprint density at radius 3 is 1.52 bits per heavy atom. The molecule has 0 aromatic rings. The summed E-state index contributed by atoms with van der Waals surface area (Å²) in [7, 11) is -3.17. The molecule has 1 N–H and O–H groups in total. The molecule has 0 aromatic heterocycles. The van der Waals surface area contributed by atoms with Crippen molar-refractivity contribution in [2.24, 2.45) is 0 Å². The Balaban J connectivity index is 3.71. The molecule has 0 atom stereocenters. The average Bonchev–Trinajstić information content (AvgIpc) is 2.45. The van der Waals surface area contributed by atoms with Crippen LogP contribution in [0.5, 0.6) is 0 Å². The molecule has 0 saturated heterocycles. The molecule has 0 bridgehead atoms. The number of ether oxygens (including phenoxy) is 2. The second kappa shape index (κ2) is 11.2. The molecule has 6 nitrogen and oxygen atoms in total. The van der Waals surface area contributed by atoms with Gasteiger partial charge in [-0.05, 0) is 39.5 Å². The predicted molar refractivity (Wildman–Crippen MR) is 89.6 cm³/mol. The first-order valence-corrected chi connectivity index (χ1v) is 9.65. The second-order valence-corrected chi connectivity index (χ2v) is 8.13. The monoisotopic (exact) mass is 346 g/mol. The first-order chi connectivity index (χ1) is 10.7. The van der Waals surface area contributed by atoms with Crippen molar-refractivity contribution in [2.45, 2.75) is 39.5 Å². The summed E-state index contributed by atoms with van der Waals surface area (Å²) in [4.78, 5) is 32.1. The second-order valence-electron chi connectivity index (χ2n) is 5.54. The molecule has 0 fully saturated rings. The molecule has 0 unspecified atom stereocenters. The Hall–Kier alpha value is -1.39. The van der Waals surface area contributed by atoms with Crippen molar-refractivity contribution in [1.82, 2.24) is 0 Å². The Bertz CT molecular complexity index is 443. The fraction of sp³-hybridized carbons (Fsp3) is 0.625. The highest BCUT2D eigenvalue weighted by Gasteiger charge is 2.17. The van der Waals surface area contributed by atoms with Crippen LogP contribution in [0.15, 0.2) is 24.3 Å². The molecular formula is C16H27O6P. The van der Waals surface area contributed by atoms with Gasteiger partial charge in [0.2, 0.25) is 7.37 Å². The molecule has 132 valence electrons. The van der Waals surface area contributed by atoms with Crippen LogP contribution in [0.1, 0.15) is 39.5 Å². The Morgan fingerprint density at radius 2 is 1.22 bits per heavy atom. The van der Waals surface area contributed by atoms with Crippen LogP contribution in [0.25, 0.3) is 0 Å². The van der Waals surface area contributed by atoms with E-state index in [1.165, 1.54) is 0 Å². The highest BCUT2D eigenvalue weighted by molar-refractivity contribution is 7.57. The van der Waals surface area contributed by atoms with Gasteiger partial charge >= 0.3 is 11.9 Å². The maximum Gasteiger partial charge on any atom is 0.333 e. The molecule has 0 amide bonds. The Labute approximate surface area is 138 Å². The minimum atomic E-state index is -3.17. The van der Waals surface area contributed by atoms with Crippen molar-refractivity contribution >= 4 is 19.3 Å². The van der Waals surface area contributed by atoms with Crippen molar-refractivity contribution < 1.29 is 28.5 Å². The van der Waals surface area contributed by atoms with Crippen molar-refractivity contribution in [3.63, 3.8) is 0 Å². The van der Waals surface area contributed by atoms with E-state index in [2.05, 4.69) is 13.2 Å². The zero-order chi connectivity index (χ0) is 17.9. The topological polar surface area (TPSA) is 89.9 Å². The van der Waals surface area contributed by atoms with Gasteiger partial charge in [0, 0.05) is 23.5 Å². The van der Waals surface area contributed by atoms with Crippen LogP contribution < -0.4 is 0 Å². The van der Waals surface area contributed by atoms with Crippen LogP contribution in [0.2, 0.25) is 0 Å². The SMILES string of the molecule is C=C(C)C(=O)OCCCCP(=O)(O)CCCCOC(=O)C(=C)C. The van der Waals surface area contributed by atoms with Crippen LogP contribution in [-0.4, -0.2) is 42.4 Å². The van der Waals surface area contributed by atoms with E-state index in [0.717, 1.165) is 0 Å². The fourth-order valence-electron chi connectivity index (χ4n) is 1.61. The number of carbonyl (C=O) groups is 2. The lowest BCUT2D eigenvalue weighted by atomic mass is 10.3. The highest BCUT2D eigenvalue weighted by Crippen LogP contribution is 2.42. The van der Waals surface area contributed by atoms with E-state index in [9.17, 15) is 19.0 Å². The highest BCUT2D eigenvalue weighted by atomic mass is 31.2. The smallest absolute Gasteiger partial charge is 0.333 e. The molecular weight excluding hydrogens is 319 g/mol. The molecule has 0 heterocycles. The summed E-state index contributed by atoms with van der Waals surface area (Å²) < 4.78 is 21.8. The van der Waals surface area contributed by atoms with Crippen molar-refractivity contribution in [1.29, 1.82) is 0 Å². The molecule has 0 aliphatic heterocycles. The molecule has 0 saturated carbocycles. The lowest BCUT2D eigenvalue weighted by Crippen LogP contribution is -2.07. The Kier molecular flexibility index (Phi) is 10.5. The normalized spacial score (nSPS) is 10.9. The predicted octanol–water partition coefficient (Wildman–Crippen LogP) is 3.06. The van der Waals surface area contributed by atoms with E-state index in [1.807, 2.05) is 0 Å². The summed E-state index contributed by atoms with van der Waals surface area (Å²) >= 11 is 0. The zero-order valence-electron chi connectivity index (χ0n) is 14.0. The van der Waals surface area contributed by atoms with Gasteiger partial charge in [-0.2, -0.15) is 0 Å². The van der Waals surface area contributed by atoms with Gasteiger partial charge in [0.05, 0.1) is 13.2 Å². The third-order valence-corrected chi connectivity index (χ3v) is 5.00. The van der Waals surface area contributed by atoms with Crippen molar-refractivity contribution in [3.05, 3.63) is 24.3 Å². The maximum absolute atomic E-state index is 11.9. The van der Waals surface area contributed by atoms with Gasteiger partial charge in [0.25, 0.3) is 0 Å². The molecule has 0 aliphatic rings. The van der Waals surface area contributed by atoms with E-state index in [-0.39, 0.29) is 25.5 Å². The van der Waals surface area contributed by atoms with Crippen molar-refractivity contribution in [2.75, 3.05) is 25.5 Å². The number of unbranched alkanes of at least 4 members (excludes halogenated alkanes) is 2. The van der Waals surface area contributed by atoms with E-state index >= 15 is 0 Å². The lowest BCUT2D eigenvalue weighted by molar-refractivity contribution is -0.139. The molecule has 0 aliphatic carbocycles. The molecule has 23 heavy (non-hydrogen) atoms. The third-order valence-electron chi connectivity index (χ3n) is 2.97. The van der Waals surface area contributed by atoms with E-state index < -0.39 is 19.3 Å². The van der Waals surface area contributed by atoms with Crippen LogP contribution >= 0.6 is 7.37 Å². The maximum atomic E-state index is 11.9.